The van der Waals surface area contributed by atoms with Crippen molar-refractivity contribution in [3.05, 3.63) is 100 Å². The van der Waals surface area contributed by atoms with Crippen molar-refractivity contribution in [1.29, 1.82) is 0 Å². The number of carbonyl (C=O) groups excluding carboxylic acids is 2. The van der Waals surface area contributed by atoms with Gasteiger partial charge in [-0.2, -0.15) is 0 Å². The quantitative estimate of drug-likeness (QED) is 0.393. The molecule has 2 aromatic heterocycles. The molecule has 0 saturated carbocycles. The summed E-state index contributed by atoms with van der Waals surface area (Å²) in [5.74, 6) is 0.302. The molecule has 33 heavy (non-hydrogen) atoms. The zero-order chi connectivity index (χ0) is 23.0. The van der Waals surface area contributed by atoms with Gasteiger partial charge in [0.15, 0.2) is 0 Å². The van der Waals surface area contributed by atoms with Crippen LogP contribution < -0.4 is 15.4 Å². The van der Waals surface area contributed by atoms with Gasteiger partial charge in [-0.25, -0.2) is 4.98 Å². The van der Waals surface area contributed by atoms with Gasteiger partial charge in [0.25, 0.3) is 5.91 Å². The number of thiazole rings is 1. The average Bonchev–Trinajstić information content (AvgIpc) is 3.26. The van der Waals surface area contributed by atoms with E-state index in [0.717, 1.165) is 10.8 Å². The highest BCUT2D eigenvalue weighted by Crippen LogP contribution is 2.17. The summed E-state index contributed by atoms with van der Waals surface area (Å²) in [6.07, 6.45) is 3.34. The number of pyridine rings is 1. The Bertz CT molecular complexity index is 1240. The van der Waals surface area contributed by atoms with E-state index in [2.05, 4.69) is 20.6 Å². The molecule has 2 heterocycles. The predicted molar refractivity (Wildman–Crippen MR) is 129 cm³/mol. The molecule has 0 spiro atoms. The maximum Gasteiger partial charge on any atom is 0.255 e. The van der Waals surface area contributed by atoms with Crippen molar-refractivity contribution in [3.8, 4) is 5.75 Å². The van der Waals surface area contributed by atoms with Crippen molar-refractivity contribution in [3.63, 3.8) is 0 Å². The summed E-state index contributed by atoms with van der Waals surface area (Å²) in [5, 5.41) is 8.27. The van der Waals surface area contributed by atoms with Gasteiger partial charge in [0.05, 0.1) is 12.1 Å². The molecule has 0 aliphatic carbocycles. The van der Waals surface area contributed by atoms with Crippen molar-refractivity contribution in [2.75, 3.05) is 10.6 Å². The highest BCUT2D eigenvalue weighted by atomic mass is 32.1. The smallest absolute Gasteiger partial charge is 0.255 e. The maximum atomic E-state index is 12.5. The number of carbonyl (C=O) groups is 2. The Balaban J connectivity index is 1.30. The van der Waals surface area contributed by atoms with E-state index in [1.54, 1.807) is 48.8 Å². The first kappa shape index (κ1) is 22.2. The molecule has 2 N–H and O–H groups in total. The minimum atomic E-state index is -0.269. The van der Waals surface area contributed by atoms with E-state index in [-0.39, 0.29) is 18.2 Å². The predicted octanol–water partition coefficient (Wildman–Crippen LogP) is 4.86. The van der Waals surface area contributed by atoms with Crippen molar-refractivity contribution < 1.29 is 14.3 Å². The number of aryl methyl sites for hydroxylation is 1. The molecule has 0 saturated heterocycles. The summed E-state index contributed by atoms with van der Waals surface area (Å²) in [7, 11) is 0. The Morgan fingerprint density at radius 2 is 1.76 bits per heavy atom. The van der Waals surface area contributed by atoms with E-state index in [0.29, 0.717) is 29.2 Å². The number of hydrogen-bond acceptors (Lipinski definition) is 6. The zero-order valence-corrected chi connectivity index (χ0v) is 18.8. The number of amides is 2. The van der Waals surface area contributed by atoms with Crippen LogP contribution in [0, 0.1) is 6.92 Å². The van der Waals surface area contributed by atoms with Crippen molar-refractivity contribution in [2.45, 2.75) is 20.0 Å². The Morgan fingerprint density at radius 3 is 2.55 bits per heavy atom. The van der Waals surface area contributed by atoms with Gasteiger partial charge in [0, 0.05) is 34.7 Å². The number of aromatic nitrogens is 2. The van der Waals surface area contributed by atoms with Gasteiger partial charge in [-0.15, -0.1) is 11.3 Å². The lowest BCUT2D eigenvalue weighted by Crippen LogP contribution is -2.16. The van der Waals surface area contributed by atoms with Crippen LogP contribution in [0.25, 0.3) is 0 Å². The van der Waals surface area contributed by atoms with Crippen LogP contribution in [0.5, 0.6) is 5.75 Å². The lowest BCUT2D eigenvalue weighted by Gasteiger charge is -2.08. The molecule has 0 aliphatic heterocycles. The summed E-state index contributed by atoms with van der Waals surface area (Å²) in [6, 6.07) is 18.0. The van der Waals surface area contributed by atoms with E-state index in [1.807, 2.05) is 36.6 Å². The molecule has 4 rings (SSSR count). The highest BCUT2D eigenvalue weighted by molar-refractivity contribution is 7.09. The molecule has 8 heteroatoms. The fraction of sp³-hybridized carbons (Fsp3) is 0.120. The molecule has 4 aromatic rings. The first-order valence-electron chi connectivity index (χ1n) is 10.3. The summed E-state index contributed by atoms with van der Waals surface area (Å²) in [4.78, 5) is 33.4. The topological polar surface area (TPSA) is 93.2 Å². The van der Waals surface area contributed by atoms with Crippen LogP contribution in [0.4, 0.5) is 11.4 Å². The molecular weight excluding hydrogens is 436 g/mol. The number of rotatable bonds is 8. The Morgan fingerprint density at radius 1 is 0.970 bits per heavy atom. The van der Waals surface area contributed by atoms with Crippen LogP contribution in [0.3, 0.4) is 0 Å². The van der Waals surface area contributed by atoms with E-state index < -0.39 is 0 Å². The third-order valence-corrected chi connectivity index (χ3v) is 5.54. The molecule has 0 fully saturated rings. The molecule has 7 nitrogen and oxygen atoms in total. The van der Waals surface area contributed by atoms with Gasteiger partial charge in [-0.05, 0) is 49.4 Å². The number of nitrogens with zero attached hydrogens (tertiary/aromatic N) is 2. The molecule has 2 aromatic carbocycles. The minimum absolute atomic E-state index is 0.133. The second-order valence-corrected chi connectivity index (χ2v) is 8.27. The third-order valence-electron chi connectivity index (χ3n) is 4.67. The summed E-state index contributed by atoms with van der Waals surface area (Å²) in [5.41, 5.74) is 3.47. The van der Waals surface area contributed by atoms with Crippen LogP contribution in [-0.4, -0.2) is 21.8 Å². The Labute approximate surface area is 195 Å². The lowest BCUT2D eigenvalue weighted by atomic mass is 10.1. The van der Waals surface area contributed by atoms with E-state index in [9.17, 15) is 9.59 Å². The molecular formula is C25H22N4O3S. The molecule has 0 aliphatic rings. The summed E-state index contributed by atoms with van der Waals surface area (Å²) >= 11 is 1.45. The van der Waals surface area contributed by atoms with Crippen LogP contribution in [-0.2, 0) is 17.8 Å². The van der Waals surface area contributed by atoms with Gasteiger partial charge >= 0.3 is 0 Å². The van der Waals surface area contributed by atoms with Crippen molar-refractivity contribution in [2.24, 2.45) is 0 Å². The Kier molecular flexibility index (Phi) is 7.06. The number of nitrogens with one attached hydrogen (secondary N) is 2. The largest absolute Gasteiger partial charge is 0.486 e. The standard InChI is InChI=1S/C25H22N4O3S/c1-17-5-7-22(8-6-17)32-15-24-28-21(16-33-24)14-23(30)27-20-4-2-3-18(13-20)25(31)29-19-9-11-26-12-10-19/h2-13,16H,14-15H2,1H3,(H,27,30)(H,26,29,31). The third kappa shape index (κ3) is 6.47. The van der Waals surface area contributed by atoms with Crippen LogP contribution >= 0.6 is 11.3 Å². The molecule has 2 amide bonds. The van der Waals surface area contributed by atoms with E-state index >= 15 is 0 Å². The second kappa shape index (κ2) is 10.5. The van der Waals surface area contributed by atoms with Gasteiger partial charge in [0.2, 0.25) is 5.91 Å². The molecule has 0 bridgehead atoms. The molecule has 0 unspecified atom stereocenters. The number of anilines is 2. The molecule has 0 radical (unpaired) electrons. The zero-order valence-electron chi connectivity index (χ0n) is 17.9. The van der Waals surface area contributed by atoms with Gasteiger partial charge < -0.3 is 15.4 Å². The summed E-state index contributed by atoms with van der Waals surface area (Å²) < 4.78 is 5.75. The monoisotopic (exact) mass is 458 g/mol. The number of benzene rings is 2. The minimum Gasteiger partial charge on any atom is -0.486 e. The van der Waals surface area contributed by atoms with Crippen molar-refractivity contribution >= 4 is 34.5 Å². The van der Waals surface area contributed by atoms with Gasteiger partial charge in [-0.3, -0.25) is 14.6 Å². The summed E-state index contributed by atoms with van der Waals surface area (Å²) in [6.45, 7) is 2.37. The highest BCUT2D eigenvalue weighted by Gasteiger charge is 2.11. The maximum absolute atomic E-state index is 12.5. The van der Waals surface area contributed by atoms with Gasteiger partial charge in [0.1, 0.15) is 17.4 Å². The Hall–Kier alpha value is -4.04. The van der Waals surface area contributed by atoms with Crippen molar-refractivity contribution in [1.82, 2.24) is 9.97 Å². The van der Waals surface area contributed by atoms with Gasteiger partial charge in [-0.1, -0.05) is 23.8 Å². The fourth-order valence-corrected chi connectivity index (χ4v) is 3.73. The molecule has 166 valence electrons. The lowest BCUT2D eigenvalue weighted by molar-refractivity contribution is -0.115. The normalized spacial score (nSPS) is 10.5. The first-order chi connectivity index (χ1) is 16.0. The number of hydrogen-bond donors (Lipinski definition) is 2. The number of ether oxygens (including phenoxy) is 1. The second-order valence-electron chi connectivity index (χ2n) is 7.33. The van der Waals surface area contributed by atoms with E-state index in [4.69, 9.17) is 4.74 Å². The van der Waals surface area contributed by atoms with Crippen LogP contribution in [0.15, 0.2) is 78.4 Å². The van der Waals surface area contributed by atoms with E-state index in [1.165, 1.54) is 16.9 Å². The average molecular weight is 459 g/mol. The fourth-order valence-electron chi connectivity index (χ4n) is 3.02. The molecule has 0 atom stereocenters. The first-order valence-corrected chi connectivity index (χ1v) is 11.2. The SMILES string of the molecule is Cc1ccc(OCc2nc(CC(=O)Nc3cccc(C(=O)Nc4ccncc4)c3)cs2)cc1. The van der Waals surface area contributed by atoms with Crippen LogP contribution in [0.2, 0.25) is 0 Å². The van der Waals surface area contributed by atoms with Crippen LogP contribution in [0.1, 0.15) is 26.6 Å².